The lowest BCUT2D eigenvalue weighted by Gasteiger charge is -2.17. The molecule has 3 heteroatoms. The van der Waals surface area contributed by atoms with Crippen LogP contribution < -0.4 is 0 Å². The quantitative estimate of drug-likeness (QED) is 0.563. The van der Waals surface area contributed by atoms with Gasteiger partial charge in [0, 0.05) is 12.6 Å². The van der Waals surface area contributed by atoms with Gasteiger partial charge < -0.3 is 5.11 Å². The van der Waals surface area contributed by atoms with E-state index in [-0.39, 0.29) is 12.6 Å². The lowest BCUT2D eigenvalue weighted by molar-refractivity contribution is -0.138. The standard InChI is InChI=1S/C7H11NO2/c1-6-3-2-4-8(6)5-7(9)10/h2-3,6H,4-5H2,1H3,(H,9,10). The largest absolute Gasteiger partial charge is 0.480 e. The van der Waals surface area contributed by atoms with Gasteiger partial charge in [0.1, 0.15) is 0 Å². The van der Waals surface area contributed by atoms with Gasteiger partial charge in [0.05, 0.1) is 6.54 Å². The summed E-state index contributed by atoms with van der Waals surface area (Å²) in [5.41, 5.74) is 0. The Labute approximate surface area is 59.9 Å². The highest BCUT2D eigenvalue weighted by atomic mass is 16.4. The predicted molar refractivity (Wildman–Crippen MR) is 37.8 cm³/mol. The van der Waals surface area contributed by atoms with Crippen molar-refractivity contribution in [2.24, 2.45) is 0 Å². The molecule has 0 saturated carbocycles. The molecular formula is C7H11NO2. The molecule has 0 bridgehead atoms. The molecule has 1 N–H and O–H groups in total. The summed E-state index contributed by atoms with van der Waals surface area (Å²) in [6, 6.07) is 0.288. The van der Waals surface area contributed by atoms with Crippen LogP contribution in [0, 0.1) is 0 Å². The van der Waals surface area contributed by atoms with Crippen LogP contribution in [0.5, 0.6) is 0 Å². The van der Waals surface area contributed by atoms with Crippen molar-refractivity contribution in [3.8, 4) is 0 Å². The fraction of sp³-hybridized carbons (Fsp3) is 0.571. The molecule has 1 unspecified atom stereocenters. The van der Waals surface area contributed by atoms with E-state index in [1.54, 1.807) is 0 Å². The number of carboxylic acids is 1. The molecule has 1 aliphatic rings. The van der Waals surface area contributed by atoms with Crippen molar-refractivity contribution in [1.82, 2.24) is 4.90 Å². The Hall–Kier alpha value is -0.830. The third-order valence-electron chi connectivity index (χ3n) is 1.67. The monoisotopic (exact) mass is 141 g/mol. The van der Waals surface area contributed by atoms with Crippen LogP contribution in [0.25, 0.3) is 0 Å². The second kappa shape index (κ2) is 2.84. The Balaban J connectivity index is 2.37. The van der Waals surface area contributed by atoms with E-state index in [9.17, 15) is 4.79 Å². The van der Waals surface area contributed by atoms with Crippen LogP contribution in [-0.2, 0) is 4.79 Å². The molecule has 10 heavy (non-hydrogen) atoms. The molecule has 0 spiro atoms. The molecule has 3 nitrogen and oxygen atoms in total. The third kappa shape index (κ3) is 1.57. The maximum atomic E-state index is 10.2. The van der Waals surface area contributed by atoms with Crippen molar-refractivity contribution >= 4 is 5.97 Å². The SMILES string of the molecule is CC1C=CCN1CC(=O)O. The molecule has 0 aromatic heterocycles. The van der Waals surface area contributed by atoms with Gasteiger partial charge in [-0.3, -0.25) is 9.69 Å². The molecule has 1 atom stereocenters. The smallest absolute Gasteiger partial charge is 0.317 e. The van der Waals surface area contributed by atoms with Gasteiger partial charge in [-0.2, -0.15) is 0 Å². The summed E-state index contributed by atoms with van der Waals surface area (Å²) in [7, 11) is 0. The zero-order valence-electron chi connectivity index (χ0n) is 5.95. The number of rotatable bonds is 2. The summed E-state index contributed by atoms with van der Waals surface area (Å²) in [5, 5.41) is 8.42. The first-order chi connectivity index (χ1) is 4.70. The zero-order chi connectivity index (χ0) is 7.56. The van der Waals surface area contributed by atoms with Gasteiger partial charge in [-0.25, -0.2) is 0 Å². The topological polar surface area (TPSA) is 40.5 Å². The maximum Gasteiger partial charge on any atom is 0.317 e. The summed E-state index contributed by atoms with van der Waals surface area (Å²) in [5.74, 6) is -0.754. The summed E-state index contributed by atoms with van der Waals surface area (Å²) in [6.45, 7) is 2.91. The first-order valence-electron chi connectivity index (χ1n) is 3.32. The fourth-order valence-electron chi connectivity index (χ4n) is 1.06. The van der Waals surface area contributed by atoms with Crippen LogP contribution in [0.3, 0.4) is 0 Å². The van der Waals surface area contributed by atoms with Crippen molar-refractivity contribution in [3.05, 3.63) is 12.2 Å². The lowest BCUT2D eigenvalue weighted by Crippen LogP contribution is -2.32. The second-order valence-corrected chi connectivity index (χ2v) is 2.49. The Bertz CT molecular complexity index is 165. The highest BCUT2D eigenvalue weighted by Gasteiger charge is 2.16. The lowest BCUT2D eigenvalue weighted by atomic mass is 10.3. The molecule has 56 valence electrons. The minimum Gasteiger partial charge on any atom is -0.480 e. The molecule has 0 fully saturated rings. The van der Waals surface area contributed by atoms with Gasteiger partial charge in [-0.05, 0) is 6.92 Å². The molecule has 0 aromatic rings. The summed E-state index contributed by atoms with van der Waals surface area (Å²) in [4.78, 5) is 12.1. The Morgan fingerprint density at radius 2 is 2.60 bits per heavy atom. The number of aliphatic carboxylic acids is 1. The number of carbonyl (C=O) groups is 1. The van der Waals surface area contributed by atoms with Crippen LogP contribution in [0.2, 0.25) is 0 Å². The number of carboxylic acid groups (broad SMARTS) is 1. The molecule has 0 aromatic carbocycles. The van der Waals surface area contributed by atoms with E-state index in [1.807, 2.05) is 24.0 Å². The van der Waals surface area contributed by atoms with E-state index in [2.05, 4.69) is 0 Å². The molecule has 0 aliphatic carbocycles. The van der Waals surface area contributed by atoms with Crippen molar-refractivity contribution in [1.29, 1.82) is 0 Å². The summed E-state index contributed by atoms with van der Waals surface area (Å²) < 4.78 is 0. The van der Waals surface area contributed by atoms with Crippen LogP contribution in [0.4, 0.5) is 0 Å². The third-order valence-corrected chi connectivity index (χ3v) is 1.67. The molecule has 1 rings (SSSR count). The highest BCUT2D eigenvalue weighted by Crippen LogP contribution is 2.06. The van der Waals surface area contributed by atoms with Gasteiger partial charge in [0.2, 0.25) is 0 Å². The van der Waals surface area contributed by atoms with Crippen LogP contribution in [0.15, 0.2) is 12.2 Å². The second-order valence-electron chi connectivity index (χ2n) is 2.49. The highest BCUT2D eigenvalue weighted by molar-refractivity contribution is 5.69. The van der Waals surface area contributed by atoms with Crippen molar-refractivity contribution < 1.29 is 9.90 Å². The van der Waals surface area contributed by atoms with E-state index >= 15 is 0 Å². The zero-order valence-corrected chi connectivity index (χ0v) is 5.95. The molecular weight excluding hydrogens is 130 g/mol. The Kier molecular flexibility index (Phi) is 2.06. The normalized spacial score (nSPS) is 25.5. The van der Waals surface area contributed by atoms with E-state index < -0.39 is 5.97 Å². The first kappa shape index (κ1) is 7.28. The Morgan fingerprint density at radius 3 is 3.00 bits per heavy atom. The van der Waals surface area contributed by atoms with E-state index in [4.69, 9.17) is 5.11 Å². The summed E-state index contributed by atoms with van der Waals surface area (Å²) >= 11 is 0. The molecule has 0 radical (unpaired) electrons. The summed E-state index contributed by atoms with van der Waals surface area (Å²) in [6.07, 6.45) is 4.01. The van der Waals surface area contributed by atoms with E-state index in [0.29, 0.717) is 0 Å². The maximum absolute atomic E-state index is 10.2. The Morgan fingerprint density at radius 1 is 1.90 bits per heavy atom. The van der Waals surface area contributed by atoms with Gasteiger partial charge in [0.25, 0.3) is 0 Å². The van der Waals surface area contributed by atoms with Crippen LogP contribution in [-0.4, -0.2) is 35.1 Å². The minimum atomic E-state index is -0.754. The molecule has 0 amide bonds. The number of nitrogens with zero attached hydrogens (tertiary/aromatic N) is 1. The van der Waals surface area contributed by atoms with Gasteiger partial charge in [-0.1, -0.05) is 12.2 Å². The number of hydrogen-bond acceptors (Lipinski definition) is 2. The minimum absolute atomic E-state index is 0.147. The average Bonchev–Trinajstić information content (AvgIpc) is 2.15. The van der Waals surface area contributed by atoms with Crippen LogP contribution in [0.1, 0.15) is 6.92 Å². The van der Waals surface area contributed by atoms with E-state index in [1.165, 1.54) is 0 Å². The van der Waals surface area contributed by atoms with Crippen LogP contribution >= 0.6 is 0 Å². The molecule has 1 aliphatic heterocycles. The first-order valence-corrected chi connectivity index (χ1v) is 3.32. The van der Waals surface area contributed by atoms with Gasteiger partial charge >= 0.3 is 5.97 Å². The van der Waals surface area contributed by atoms with Crippen molar-refractivity contribution in [2.45, 2.75) is 13.0 Å². The van der Waals surface area contributed by atoms with Gasteiger partial charge in [0.15, 0.2) is 0 Å². The predicted octanol–water partition coefficient (Wildman–Crippen LogP) is 0.331. The number of hydrogen-bond donors (Lipinski definition) is 1. The van der Waals surface area contributed by atoms with E-state index in [0.717, 1.165) is 6.54 Å². The average molecular weight is 141 g/mol. The fourth-order valence-corrected chi connectivity index (χ4v) is 1.06. The van der Waals surface area contributed by atoms with Crippen molar-refractivity contribution in [2.75, 3.05) is 13.1 Å². The molecule has 0 saturated heterocycles. The molecule has 1 heterocycles. The van der Waals surface area contributed by atoms with Crippen molar-refractivity contribution in [3.63, 3.8) is 0 Å². The van der Waals surface area contributed by atoms with Gasteiger partial charge in [-0.15, -0.1) is 0 Å².